The monoisotopic (exact) mass is 809 g/mol. The first-order chi connectivity index (χ1) is 28.3. The number of alkyl carbamates (subject to hydrolysis) is 1. The molecule has 2 saturated heterocycles. The van der Waals surface area contributed by atoms with Crippen molar-refractivity contribution in [2.45, 2.75) is 102 Å². The Morgan fingerprint density at radius 3 is 2.36 bits per heavy atom. The summed E-state index contributed by atoms with van der Waals surface area (Å²) in [5, 5.41) is 9.82. The normalized spacial score (nSPS) is 19.7. The summed E-state index contributed by atoms with van der Waals surface area (Å²) in [6.45, 7) is 2.05. The zero-order valence-corrected chi connectivity index (χ0v) is 33.5. The molecule has 58 heavy (non-hydrogen) atoms. The summed E-state index contributed by atoms with van der Waals surface area (Å²) in [6, 6.07) is 20.9. The number of aromatic nitrogens is 1. The number of benzene rings is 3. The largest absolute Gasteiger partial charge is 0.445 e. The maximum absolute atomic E-state index is 14.7. The van der Waals surface area contributed by atoms with E-state index in [2.05, 4.69) is 20.9 Å². The number of halogens is 1. The predicted octanol–water partition coefficient (Wildman–Crippen LogP) is 7.30. The number of nitrogens with one attached hydrogen (secondary N) is 3. The van der Waals surface area contributed by atoms with Crippen molar-refractivity contribution in [2.75, 3.05) is 19.6 Å². The second-order valence-corrected chi connectivity index (χ2v) is 16.0. The van der Waals surface area contributed by atoms with E-state index in [1.165, 1.54) is 10.5 Å². The highest BCUT2D eigenvalue weighted by Crippen LogP contribution is 2.30. The first kappa shape index (κ1) is 41.1. The Bertz CT molecular complexity index is 2010. The molecular weight excluding hydrogens is 758 g/mol. The van der Waals surface area contributed by atoms with Gasteiger partial charge in [0.25, 0.3) is 5.89 Å². The Morgan fingerprint density at radius 2 is 1.60 bits per heavy atom. The Morgan fingerprint density at radius 1 is 0.879 bits per heavy atom. The smallest absolute Gasteiger partial charge is 0.408 e. The fraction of sp³-hybridized carbons (Fsp3) is 0.444. The van der Waals surface area contributed by atoms with Crippen LogP contribution in [0.2, 0.25) is 5.02 Å². The van der Waals surface area contributed by atoms with Gasteiger partial charge in [-0.25, -0.2) is 9.78 Å². The van der Waals surface area contributed by atoms with Crippen molar-refractivity contribution in [3.8, 4) is 0 Å². The van der Waals surface area contributed by atoms with Crippen LogP contribution in [0.4, 0.5) is 4.79 Å². The van der Waals surface area contributed by atoms with Crippen LogP contribution < -0.4 is 16.0 Å². The summed E-state index contributed by atoms with van der Waals surface area (Å²) in [7, 11) is 0. The van der Waals surface area contributed by atoms with Gasteiger partial charge < -0.3 is 34.7 Å². The van der Waals surface area contributed by atoms with Gasteiger partial charge in [0, 0.05) is 18.0 Å². The molecule has 7 rings (SSSR count). The Hall–Kier alpha value is -5.04. The van der Waals surface area contributed by atoms with E-state index in [4.69, 9.17) is 25.5 Å². The lowest BCUT2D eigenvalue weighted by atomic mass is 9.84. The number of carbonyl (C=O) groups excluding carboxylic acids is 4. The lowest BCUT2D eigenvalue weighted by Gasteiger charge is -2.30. The predicted molar refractivity (Wildman–Crippen MR) is 220 cm³/mol. The van der Waals surface area contributed by atoms with E-state index in [0.29, 0.717) is 22.5 Å². The molecule has 4 aromatic rings. The second kappa shape index (κ2) is 20.1. The van der Waals surface area contributed by atoms with Crippen molar-refractivity contribution < 1.29 is 33.1 Å². The molecule has 1 aromatic heterocycles. The summed E-state index contributed by atoms with van der Waals surface area (Å²) in [5.41, 5.74) is 3.94. The quantitative estimate of drug-likeness (QED) is 0.0830. The van der Waals surface area contributed by atoms with Crippen molar-refractivity contribution in [3.63, 3.8) is 0 Å². The van der Waals surface area contributed by atoms with Gasteiger partial charge in [-0.3, -0.25) is 14.4 Å². The van der Waals surface area contributed by atoms with Gasteiger partial charge >= 0.3 is 6.09 Å². The van der Waals surface area contributed by atoms with Crippen LogP contribution in [-0.2, 0) is 32.3 Å². The molecule has 0 spiro atoms. The molecule has 0 unspecified atom stereocenters. The van der Waals surface area contributed by atoms with E-state index in [-0.39, 0.29) is 44.4 Å². The molecule has 0 radical (unpaired) electrons. The van der Waals surface area contributed by atoms with Gasteiger partial charge in [-0.2, -0.15) is 0 Å². The van der Waals surface area contributed by atoms with E-state index in [9.17, 15) is 19.2 Å². The Labute approximate surface area is 344 Å². The van der Waals surface area contributed by atoms with E-state index < -0.39 is 47.9 Å². The van der Waals surface area contributed by atoms with E-state index in [0.717, 1.165) is 69.2 Å². The van der Waals surface area contributed by atoms with E-state index in [1.807, 2.05) is 60.7 Å². The molecule has 3 amide bonds. The fourth-order valence-corrected chi connectivity index (χ4v) is 8.28. The molecule has 3 aromatic carbocycles. The van der Waals surface area contributed by atoms with Crippen molar-refractivity contribution in [1.29, 1.82) is 0 Å². The number of amides is 3. The number of ketones is 1. The van der Waals surface area contributed by atoms with Gasteiger partial charge in [0.2, 0.25) is 17.6 Å². The number of fused-ring (bicyclic) bond motifs is 1. The zero-order chi connectivity index (χ0) is 40.3. The SMILES string of the molecule is O=C(N[C@H](CC=C1CCNCC1)C(=O)N1C[C@H](OCc2ccc(Cl)cc2)C[C@H]1C(=O)N[C@@H](CC1CCCCC1)C(=O)c1nc2ccccc2o1)OCc1ccccc1. The van der Waals surface area contributed by atoms with Crippen LogP contribution in [-0.4, -0.2) is 77.4 Å². The topological polar surface area (TPSA) is 152 Å². The number of rotatable bonds is 15. The molecule has 1 saturated carbocycles. The van der Waals surface area contributed by atoms with Gasteiger partial charge in [0.05, 0.1) is 18.8 Å². The molecule has 12 nitrogen and oxygen atoms in total. The lowest BCUT2D eigenvalue weighted by Crippen LogP contribution is -2.55. The number of piperidine rings is 1. The molecule has 3 N–H and O–H groups in total. The van der Waals surface area contributed by atoms with Gasteiger partial charge in [-0.05, 0) is 80.1 Å². The molecule has 3 heterocycles. The first-order valence-electron chi connectivity index (χ1n) is 20.5. The maximum Gasteiger partial charge on any atom is 0.408 e. The molecule has 4 atom stereocenters. The third kappa shape index (κ3) is 11.1. The third-order valence-corrected chi connectivity index (χ3v) is 11.6. The third-order valence-electron chi connectivity index (χ3n) is 11.4. The highest BCUT2D eigenvalue weighted by Gasteiger charge is 2.44. The minimum absolute atomic E-state index is 0.0339. The van der Waals surface area contributed by atoms with Gasteiger partial charge in [0.15, 0.2) is 5.58 Å². The average Bonchev–Trinajstić information content (AvgIpc) is 3.90. The highest BCUT2D eigenvalue weighted by atomic mass is 35.5. The minimum atomic E-state index is -1.02. The average molecular weight is 810 g/mol. The first-order valence-corrected chi connectivity index (χ1v) is 20.9. The molecular formula is C45H52ClN5O7. The Balaban J connectivity index is 1.13. The molecule has 1 aliphatic carbocycles. The van der Waals surface area contributed by atoms with Crippen LogP contribution in [0.15, 0.2) is 94.9 Å². The summed E-state index contributed by atoms with van der Waals surface area (Å²) in [5.74, 6) is -1.14. The van der Waals surface area contributed by atoms with E-state index in [1.54, 1.807) is 24.3 Å². The van der Waals surface area contributed by atoms with Crippen LogP contribution >= 0.6 is 11.6 Å². The van der Waals surface area contributed by atoms with Gasteiger partial charge in [-0.15, -0.1) is 0 Å². The second-order valence-electron chi connectivity index (χ2n) is 15.6. The van der Waals surface area contributed by atoms with Crippen molar-refractivity contribution >= 4 is 46.4 Å². The molecule has 306 valence electrons. The molecule has 13 heteroatoms. The highest BCUT2D eigenvalue weighted by molar-refractivity contribution is 6.30. The number of ether oxygens (including phenoxy) is 2. The zero-order valence-electron chi connectivity index (χ0n) is 32.7. The van der Waals surface area contributed by atoms with Crippen molar-refractivity contribution in [1.82, 2.24) is 25.8 Å². The molecule has 2 aliphatic heterocycles. The fourth-order valence-electron chi connectivity index (χ4n) is 8.15. The summed E-state index contributed by atoms with van der Waals surface area (Å²) in [4.78, 5) is 62.7. The van der Waals surface area contributed by atoms with Gasteiger partial charge in [0.1, 0.15) is 24.2 Å². The number of carbonyl (C=O) groups is 4. The number of para-hydroxylation sites is 2. The maximum atomic E-state index is 14.7. The minimum Gasteiger partial charge on any atom is -0.445 e. The Kier molecular flexibility index (Phi) is 14.2. The van der Waals surface area contributed by atoms with Crippen LogP contribution in [0.5, 0.6) is 0 Å². The number of Topliss-reactive ketones (excluding diaryl/α,β-unsaturated/α-hetero) is 1. The number of oxazole rings is 1. The van der Waals surface area contributed by atoms with Crippen LogP contribution in [0, 0.1) is 5.92 Å². The summed E-state index contributed by atoms with van der Waals surface area (Å²) < 4.78 is 17.8. The molecule has 0 bridgehead atoms. The number of hydrogen-bond acceptors (Lipinski definition) is 9. The lowest BCUT2D eigenvalue weighted by molar-refractivity contribution is -0.140. The van der Waals surface area contributed by atoms with E-state index >= 15 is 0 Å². The van der Waals surface area contributed by atoms with Crippen molar-refractivity contribution in [3.05, 3.63) is 113 Å². The summed E-state index contributed by atoms with van der Waals surface area (Å²) in [6.07, 6.45) is 8.48. The van der Waals surface area contributed by atoms with Gasteiger partial charge in [-0.1, -0.05) is 110 Å². The number of likely N-dealkylation sites (tertiary alicyclic amines) is 1. The summed E-state index contributed by atoms with van der Waals surface area (Å²) >= 11 is 6.11. The molecule has 3 aliphatic rings. The standard InChI is InChI=1S/C45H52ClN5O7/c46-34-18-15-33(16-19-34)28-56-35-26-39(42(53)48-38(25-31-9-3-1-4-10-31)41(52)43-49-36-13-7-8-14-40(36)58-43)51(27-35)44(54)37(20-17-30-21-23-47-24-22-30)50-45(55)57-29-32-11-5-2-6-12-32/h2,5-8,11-19,31,35,37-39,47H,1,3-4,9-10,20-29H2,(H,48,53)(H,50,55)/t35-,37-,38+,39+/m1/s1. The van der Waals surface area contributed by atoms with Crippen LogP contribution in [0.1, 0.15) is 86.0 Å². The number of nitrogens with zero attached hydrogens (tertiary/aromatic N) is 2. The van der Waals surface area contributed by atoms with Crippen molar-refractivity contribution in [2.24, 2.45) is 5.92 Å². The van der Waals surface area contributed by atoms with Crippen LogP contribution in [0.25, 0.3) is 11.1 Å². The molecule has 3 fully saturated rings. The number of hydrogen-bond donors (Lipinski definition) is 3. The van der Waals surface area contributed by atoms with Crippen LogP contribution in [0.3, 0.4) is 0 Å².